The fourth-order valence-electron chi connectivity index (χ4n) is 2.82. The highest BCUT2D eigenvalue weighted by molar-refractivity contribution is 7.80. The van der Waals surface area contributed by atoms with E-state index in [2.05, 4.69) is 23.5 Å². The molecule has 1 atom stereocenters. The predicted molar refractivity (Wildman–Crippen MR) is 100 cm³/mol. The van der Waals surface area contributed by atoms with Crippen molar-refractivity contribution in [1.82, 2.24) is 9.38 Å². The minimum absolute atomic E-state index is 0.0768. The Morgan fingerprint density at radius 1 is 1.26 bits per heavy atom. The van der Waals surface area contributed by atoms with Gasteiger partial charge < -0.3 is 5.73 Å². The lowest BCUT2D eigenvalue weighted by atomic mass is 10.00. The highest BCUT2D eigenvalue weighted by Crippen LogP contribution is 2.32. The molecule has 0 amide bonds. The van der Waals surface area contributed by atoms with E-state index >= 15 is 0 Å². The number of nitrogens with two attached hydrogens (primary N) is 1. The van der Waals surface area contributed by atoms with Gasteiger partial charge in [-0.2, -0.15) is 0 Å². The Morgan fingerprint density at radius 3 is 2.65 bits per heavy atom. The third kappa shape index (κ3) is 2.73. The minimum atomic E-state index is -0.0768. The summed E-state index contributed by atoms with van der Waals surface area (Å²) in [6.07, 6.45) is 0. The number of benzene rings is 1. The molecular formula is C18H18ClN3S. The van der Waals surface area contributed by atoms with Gasteiger partial charge in [0.2, 0.25) is 0 Å². The van der Waals surface area contributed by atoms with Gasteiger partial charge in [-0.3, -0.25) is 4.40 Å². The molecule has 2 N–H and O–H groups in total. The Bertz CT molecular complexity index is 914. The van der Waals surface area contributed by atoms with Gasteiger partial charge in [0.1, 0.15) is 5.65 Å². The number of hydrogen-bond donors (Lipinski definition) is 1. The number of hydrogen-bond acceptors (Lipinski definition) is 2. The lowest BCUT2D eigenvalue weighted by Crippen LogP contribution is -2.19. The molecule has 118 valence electrons. The van der Waals surface area contributed by atoms with Gasteiger partial charge in [-0.05, 0) is 43.7 Å². The van der Waals surface area contributed by atoms with E-state index in [0.717, 1.165) is 38.9 Å². The van der Waals surface area contributed by atoms with Crippen LogP contribution >= 0.6 is 23.8 Å². The molecule has 0 spiro atoms. The Morgan fingerprint density at radius 2 is 2.00 bits per heavy atom. The van der Waals surface area contributed by atoms with Crippen LogP contribution in [0.3, 0.4) is 0 Å². The van der Waals surface area contributed by atoms with E-state index in [1.807, 2.05) is 38.1 Å². The van der Waals surface area contributed by atoms with E-state index in [1.54, 1.807) is 0 Å². The Kier molecular flexibility index (Phi) is 4.13. The molecule has 0 radical (unpaired) electrons. The Hall–Kier alpha value is -1.91. The monoisotopic (exact) mass is 343 g/mol. The molecule has 0 aliphatic heterocycles. The second kappa shape index (κ2) is 5.95. The molecule has 3 nitrogen and oxygen atoms in total. The highest BCUT2D eigenvalue weighted by Gasteiger charge is 2.22. The van der Waals surface area contributed by atoms with Gasteiger partial charge in [0.05, 0.1) is 16.4 Å². The maximum atomic E-state index is 6.16. The largest absolute Gasteiger partial charge is 0.393 e. The van der Waals surface area contributed by atoms with E-state index in [9.17, 15) is 0 Å². The molecule has 3 rings (SSSR count). The van der Waals surface area contributed by atoms with Crippen molar-refractivity contribution in [3.63, 3.8) is 0 Å². The molecule has 3 aromatic rings. The average molecular weight is 344 g/mol. The number of nitrogens with zero attached hydrogens (tertiary/aromatic N) is 2. The standard InChI is InChI=1S/C18H18ClN3S/c1-10-9-13(7-8-14(10)19)16-17(12(3)18(20)23)22-11(2)5-4-6-15(22)21-16/h4-9,12H,1-3H3,(H2,20,23). The number of aromatic nitrogens is 2. The summed E-state index contributed by atoms with van der Waals surface area (Å²) in [6.45, 7) is 6.06. The summed E-state index contributed by atoms with van der Waals surface area (Å²) in [7, 11) is 0. The second-order valence-corrected chi connectivity index (χ2v) is 6.67. The summed E-state index contributed by atoms with van der Waals surface area (Å²) in [5.74, 6) is -0.0768. The van der Waals surface area contributed by atoms with Crippen molar-refractivity contribution in [3.05, 3.63) is 58.4 Å². The fourth-order valence-corrected chi connectivity index (χ4v) is 3.05. The number of thiocarbonyl (C=S) groups is 1. The van der Waals surface area contributed by atoms with Gasteiger partial charge in [0.25, 0.3) is 0 Å². The van der Waals surface area contributed by atoms with Crippen LogP contribution < -0.4 is 5.73 Å². The van der Waals surface area contributed by atoms with Gasteiger partial charge in [0, 0.05) is 22.2 Å². The molecule has 0 bridgehead atoms. The average Bonchev–Trinajstić information content (AvgIpc) is 2.90. The summed E-state index contributed by atoms with van der Waals surface area (Å²) in [5, 5.41) is 0.748. The Balaban J connectivity index is 2.35. The number of imidazole rings is 1. The van der Waals surface area contributed by atoms with Crippen LogP contribution in [0.15, 0.2) is 36.4 Å². The number of aryl methyl sites for hydroxylation is 2. The van der Waals surface area contributed by atoms with Crippen molar-refractivity contribution >= 4 is 34.5 Å². The van der Waals surface area contributed by atoms with Crippen LogP contribution in [0.1, 0.15) is 29.8 Å². The predicted octanol–water partition coefficient (Wildman–Crippen LogP) is 4.66. The van der Waals surface area contributed by atoms with E-state index in [4.69, 9.17) is 34.5 Å². The molecule has 5 heteroatoms. The summed E-state index contributed by atoms with van der Waals surface area (Å²) in [4.78, 5) is 5.28. The minimum Gasteiger partial charge on any atom is -0.393 e. The molecule has 0 saturated carbocycles. The first-order valence-corrected chi connectivity index (χ1v) is 8.22. The van der Waals surface area contributed by atoms with Gasteiger partial charge in [-0.25, -0.2) is 4.98 Å². The van der Waals surface area contributed by atoms with Gasteiger partial charge in [0.15, 0.2) is 0 Å². The number of rotatable bonds is 3. The van der Waals surface area contributed by atoms with Crippen molar-refractivity contribution < 1.29 is 0 Å². The van der Waals surface area contributed by atoms with E-state index < -0.39 is 0 Å². The zero-order chi connectivity index (χ0) is 16.7. The highest BCUT2D eigenvalue weighted by atomic mass is 35.5. The van der Waals surface area contributed by atoms with Crippen LogP contribution in [-0.4, -0.2) is 14.4 Å². The normalized spacial score (nSPS) is 12.5. The van der Waals surface area contributed by atoms with Crippen molar-refractivity contribution in [3.8, 4) is 11.3 Å². The van der Waals surface area contributed by atoms with Crippen LogP contribution in [0.4, 0.5) is 0 Å². The summed E-state index contributed by atoms with van der Waals surface area (Å²) in [6, 6.07) is 12.0. The van der Waals surface area contributed by atoms with Gasteiger partial charge in [-0.15, -0.1) is 0 Å². The third-order valence-corrected chi connectivity index (χ3v) is 4.92. The van der Waals surface area contributed by atoms with Crippen molar-refractivity contribution in [2.24, 2.45) is 5.73 Å². The molecule has 2 heterocycles. The molecule has 0 saturated heterocycles. The molecule has 2 aromatic heterocycles. The summed E-state index contributed by atoms with van der Waals surface area (Å²) < 4.78 is 2.13. The van der Waals surface area contributed by atoms with E-state index in [1.165, 1.54) is 0 Å². The smallest absolute Gasteiger partial charge is 0.137 e. The van der Waals surface area contributed by atoms with Gasteiger partial charge >= 0.3 is 0 Å². The molecule has 0 aliphatic rings. The molecule has 0 fully saturated rings. The SMILES string of the molecule is Cc1cc(-c2nc3cccc(C)n3c2C(C)C(N)=S)ccc1Cl. The molecule has 1 unspecified atom stereocenters. The number of halogens is 1. The lowest BCUT2D eigenvalue weighted by molar-refractivity contribution is 0.908. The summed E-state index contributed by atoms with van der Waals surface area (Å²) >= 11 is 11.4. The zero-order valence-electron chi connectivity index (χ0n) is 13.3. The third-order valence-electron chi connectivity index (χ3n) is 4.14. The molecular weight excluding hydrogens is 326 g/mol. The fraction of sp³-hybridized carbons (Fsp3) is 0.222. The summed E-state index contributed by atoms with van der Waals surface area (Å²) in [5.41, 5.74) is 11.9. The van der Waals surface area contributed by atoms with Crippen LogP contribution in [0, 0.1) is 13.8 Å². The van der Waals surface area contributed by atoms with Crippen LogP contribution in [0.5, 0.6) is 0 Å². The van der Waals surface area contributed by atoms with Gasteiger partial charge in [-0.1, -0.05) is 42.9 Å². The van der Waals surface area contributed by atoms with E-state index in [-0.39, 0.29) is 5.92 Å². The van der Waals surface area contributed by atoms with Crippen molar-refractivity contribution in [2.75, 3.05) is 0 Å². The van der Waals surface area contributed by atoms with Crippen LogP contribution in [0.25, 0.3) is 16.9 Å². The number of fused-ring (bicyclic) bond motifs is 1. The maximum absolute atomic E-state index is 6.16. The quantitative estimate of drug-likeness (QED) is 0.703. The van der Waals surface area contributed by atoms with Crippen molar-refractivity contribution in [1.29, 1.82) is 0 Å². The Labute approximate surface area is 146 Å². The molecule has 1 aromatic carbocycles. The lowest BCUT2D eigenvalue weighted by Gasteiger charge is -2.14. The first kappa shape index (κ1) is 16.0. The molecule has 0 aliphatic carbocycles. The molecule has 23 heavy (non-hydrogen) atoms. The van der Waals surface area contributed by atoms with Crippen LogP contribution in [-0.2, 0) is 0 Å². The topological polar surface area (TPSA) is 43.3 Å². The first-order chi connectivity index (χ1) is 10.9. The zero-order valence-corrected chi connectivity index (χ0v) is 14.9. The maximum Gasteiger partial charge on any atom is 0.137 e. The van der Waals surface area contributed by atoms with Crippen LogP contribution in [0.2, 0.25) is 5.02 Å². The van der Waals surface area contributed by atoms with E-state index in [0.29, 0.717) is 4.99 Å². The first-order valence-electron chi connectivity index (χ1n) is 7.44. The second-order valence-electron chi connectivity index (χ2n) is 5.79. The number of pyridine rings is 1. The van der Waals surface area contributed by atoms with Crippen molar-refractivity contribution in [2.45, 2.75) is 26.7 Å².